The lowest BCUT2D eigenvalue weighted by atomic mass is 9.94. The molecule has 9 heteroatoms. The fraction of sp³-hybridized carbons (Fsp3) is 0.474. The van der Waals surface area contributed by atoms with Crippen LogP contribution in [0.1, 0.15) is 47.9 Å². The van der Waals surface area contributed by atoms with Crippen molar-refractivity contribution in [1.29, 1.82) is 0 Å². The maximum atomic E-state index is 12.7. The predicted molar refractivity (Wildman–Crippen MR) is 106 cm³/mol. The minimum absolute atomic E-state index is 0. The van der Waals surface area contributed by atoms with Crippen molar-refractivity contribution in [2.75, 3.05) is 20.2 Å². The number of carbonyl (C=O) groups is 2. The number of carbonyl (C=O) groups excluding carboxylic acids is 2. The van der Waals surface area contributed by atoms with E-state index in [4.69, 9.17) is 4.74 Å². The summed E-state index contributed by atoms with van der Waals surface area (Å²) in [5, 5.41) is 14.4. The van der Waals surface area contributed by atoms with E-state index in [0.29, 0.717) is 0 Å². The third-order valence-electron chi connectivity index (χ3n) is 4.94. The highest BCUT2D eigenvalue weighted by Crippen LogP contribution is 2.24. The molecule has 2 aromatic rings. The van der Waals surface area contributed by atoms with Gasteiger partial charge in [-0.05, 0) is 38.4 Å². The van der Waals surface area contributed by atoms with Crippen LogP contribution < -0.4 is 10.6 Å². The van der Waals surface area contributed by atoms with Gasteiger partial charge in [0.1, 0.15) is 0 Å². The molecule has 2 unspecified atom stereocenters. The minimum atomic E-state index is -0.541. The first-order valence-electron chi connectivity index (χ1n) is 9.16. The van der Waals surface area contributed by atoms with Crippen molar-refractivity contribution in [2.24, 2.45) is 5.92 Å². The quantitative estimate of drug-likeness (QED) is 0.710. The highest BCUT2D eigenvalue weighted by molar-refractivity contribution is 5.92. The van der Waals surface area contributed by atoms with Crippen LogP contribution >= 0.6 is 12.4 Å². The van der Waals surface area contributed by atoms with Gasteiger partial charge in [-0.1, -0.05) is 35.5 Å². The van der Waals surface area contributed by atoms with Crippen molar-refractivity contribution in [3.8, 4) is 0 Å². The number of methoxy groups -OCH3 is 1. The van der Waals surface area contributed by atoms with E-state index in [-0.39, 0.29) is 36.0 Å². The summed E-state index contributed by atoms with van der Waals surface area (Å²) in [6.45, 7) is 3.59. The average Bonchev–Trinajstić information content (AvgIpc) is 3.22. The summed E-state index contributed by atoms with van der Waals surface area (Å²) >= 11 is 0. The van der Waals surface area contributed by atoms with Crippen LogP contribution in [0.2, 0.25) is 0 Å². The summed E-state index contributed by atoms with van der Waals surface area (Å²) in [6.07, 6.45) is 3.59. The molecule has 0 radical (unpaired) electrons. The summed E-state index contributed by atoms with van der Waals surface area (Å²) in [5.41, 5.74) is 1.07. The maximum absolute atomic E-state index is 12.7. The predicted octanol–water partition coefficient (Wildman–Crippen LogP) is 1.90. The summed E-state index contributed by atoms with van der Waals surface area (Å²) < 4.78 is 6.62. The molecule has 2 atom stereocenters. The molecular weight excluding hydrogens is 382 g/mol. The van der Waals surface area contributed by atoms with Gasteiger partial charge >= 0.3 is 5.97 Å². The van der Waals surface area contributed by atoms with Crippen LogP contribution in [0.5, 0.6) is 0 Å². The van der Waals surface area contributed by atoms with Gasteiger partial charge in [0.05, 0.1) is 31.3 Å². The molecule has 1 aromatic heterocycles. The Balaban J connectivity index is 0.00000280. The number of halogens is 1. The lowest BCUT2D eigenvalue weighted by molar-refractivity contribution is -0.145. The molecule has 0 bridgehead atoms. The van der Waals surface area contributed by atoms with Gasteiger partial charge in [0, 0.05) is 0 Å². The van der Waals surface area contributed by atoms with E-state index in [1.165, 1.54) is 7.11 Å². The second-order valence-electron chi connectivity index (χ2n) is 6.74. The van der Waals surface area contributed by atoms with Gasteiger partial charge in [-0.25, -0.2) is 4.68 Å². The third-order valence-corrected chi connectivity index (χ3v) is 4.94. The van der Waals surface area contributed by atoms with E-state index in [2.05, 4.69) is 20.9 Å². The number of aromatic nitrogens is 3. The van der Waals surface area contributed by atoms with Crippen LogP contribution in [0.15, 0.2) is 36.5 Å². The maximum Gasteiger partial charge on any atom is 0.310 e. The molecule has 0 spiro atoms. The van der Waals surface area contributed by atoms with Gasteiger partial charge in [-0.3, -0.25) is 9.59 Å². The highest BCUT2D eigenvalue weighted by atomic mass is 35.5. The van der Waals surface area contributed by atoms with Crippen molar-refractivity contribution in [3.63, 3.8) is 0 Å². The molecule has 0 aliphatic carbocycles. The highest BCUT2D eigenvalue weighted by Gasteiger charge is 2.29. The lowest BCUT2D eigenvalue weighted by Crippen LogP contribution is -2.36. The zero-order valence-electron chi connectivity index (χ0n) is 16.0. The molecule has 1 aromatic carbocycles. The van der Waals surface area contributed by atoms with Crippen LogP contribution in [0, 0.1) is 5.92 Å². The van der Waals surface area contributed by atoms with Crippen molar-refractivity contribution >= 4 is 24.3 Å². The molecule has 1 saturated heterocycles. The Hall–Kier alpha value is -2.45. The van der Waals surface area contributed by atoms with Gasteiger partial charge < -0.3 is 15.4 Å². The fourth-order valence-electron chi connectivity index (χ4n) is 3.32. The number of piperidine rings is 1. The first-order valence-corrected chi connectivity index (χ1v) is 9.16. The van der Waals surface area contributed by atoms with E-state index in [1.54, 1.807) is 17.8 Å². The van der Waals surface area contributed by atoms with Crippen molar-refractivity contribution in [1.82, 2.24) is 25.6 Å². The van der Waals surface area contributed by atoms with Gasteiger partial charge in [-0.2, -0.15) is 0 Å². The first kappa shape index (κ1) is 21.8. The van der Waals surface area contributed by atoms with E-state index < -0.39 is 12.0 Å². The molecule has 28 heavy (non-hydrogen) atoms. The Labute approximate surface area is 170 Å². The summed E-state index contributed by atoms with van der Waals surface area (Å²) in [4.78, 5) is 24.8. The van der Waals surface area contributed by atoms with E-state index in [0.717, 1.165) is 31.5 Å². The van der Waals surface area contributed by atoms with E-state index in [1.807, 2.05) is 30.3 Å². The number of esters is 1. The van der Waals surface area contributed by atoms with Gasteiger partial charge in [-0.15, -0.1) is 17.5 Å². The Bertz CT molecular complexity index is 777. The zero-order valence-corrected chi connectivity index (χ0v) is 16.8. The van der Waals surface area contributed by atoms with Crippen LogP contribution in [-0.4, -0.2) is 47.1 Å². The third kappa shape index (κ3) is 5.08. The number of rotatable bonds is 6. The number of ether oxygens (including phenoxy) is 1. The minimum Gasteiger partial charge on any atom is -0.469 e. The monoisotopic (exact) mass is 407 g/mol. The Morgan fingerprint density at radius 1 is 1.25 bits per heavy atom. The van der Waals surface area contributed by atoms with Crippen molar-refractivity contribution < 1.29 is 14.3 Å². The van der Waals surface area contributed by atoms with Crippen molar-refractivity contribution in [3.05, 3.63) is 47.8 Å². The molecule has 1 fully saturated rings. The molecule has 8 nitrogen and oxygen atoms in total. The SMILES string of the molecule is COC(=O)C(C)C(NC(=O)c1cn(C2CCNCC2)nn1)c1ccccc1.Cl. The van der Waals surface area contributed by atoms with Gasteiger partial charge in [0.15, 0.2) is 5.69 Å². The molecule has 1 aliphatic rings. The zero-order chi connectivity index (χ0) is 19.2. The standard InChI is InChI=1S/C19H25N5O3.ClH/c1-13(19(26)27-2)17(14-6-4-3-5-7-14)21-18(25)16-12-24(23-22-16)15-8-10-20-11-9-15;/h3-7,12-13,15,17,20H,8-11H2,1-2H3,(H,21,25);1H. The van der Waals surface area contributed by atoms with E-state index in [9.17, 15) is 9.59 Å². The van der Waals surface area contributed by atoms with Gasteiger partial charge in [0.25, 0.3) is 5.91 Å². The number of hydrogen-bond donors (Lipinski definition) is 2. The number of benzene rings is 1. The number of nitrogens with zero attached hydrogens (tertiary/aromatic N) is 3. The Morgan fingerprint density at radius 2 is 1.93 bits per heavy atom. The average molecular weight is 408 g/mol. The Kier molecular flexibility index (Phi) is 7.95. The topological polar surface area (TPSA) is 98.1 Å². The summed E-state index contributed by atoms with van der Waals surface area (Å²) in [5.74, 6) is -1.29. The van der Waals surface area contributed by atoms with Gasteiger partial charge in [0.2, 0.25) is 0 Å². The van der Waals surface area contributed by atoms with E-state index >= 15 is 0 Å². The molecular formula is C19H26ClN5O3. The number of nitrogens with one attached hydrogen (secondary N) is 2. The van der Waals surface area contributed by atoms with Crippen LogP contribution in [-0.2, 0) is 9.53 Å². The van der Waals surface area contributed by atoms with Crippen LogP contribution in [0.25, 0.3) is 0 Å². The molecule has 3 rings (SSSR count). The normalized spacial score (nSPS) is 16.5. The molecule has 1 aliphatic heterocycles. The summed E-state index contributed by atoms with van der Waals surface area (Å²) in [7, 11) is 1.34. The second kappa shape index (κ2) is 10.2. The molecule has 0 saturated carbocycles. The fourth-order valence-corrected chi connectivity index (χ4v) is 3.32. The molecule has 1 amide bonds. The second-order valence-corrected chi connectivity index (χ2v) is 6.74. The Morgan fingerprint density at radius 3 is 2.57 bits per heavy atom. The van der Waals surface area contributed by atoms with Crippen LogP contribution in [0.4, 0.5) is 0 Å². The largest absolute Gasteiger partial charge is 0.469 e. The number of hydrogen-bond acceptors (Lipinski definition) is 6. The molecule has 152 valence electrons. The molecule has 2 heterocycles. The van der Waals surface area contributed by atoms with Crippen LogP contribution in [0.3, 0.4) is 0 Å². The van der Waals surface area contributed by atoms with Crippen molar-refractivity contribution in [2.45, 2.75) is 31.8 Å². The smallest absolute Gasteiger partial charge is 0.310 e. The first-order chi connectivity index (χ1) is 13.1. The summed E-state index contributed by atoms with van der Waals surface area (Å²) in [6, 6.07) is 9.09. The molecule has 2 N–H and O–H groups in total. The lowest BCUT2D eigenvalue weighted by Gasteiger charge is -2.23. The number of amides is 1.